The third kappa shape index (κ3) is 4.55. The van der Waals surface area contributed by atoms with Crippen LogP contribution in [0.15, 0.2) is 65.6 Å². The summed E-state index contributed by atoms with van der Waals surface area (Å²) in [5.41, 5.74) is 1.28. The van der Waals surface area contributed by atoms with Gasteiger partial charge in [-0.1, -0.05) is 55.5 Å². The van der Waals surface area contributed by atoms with Crippen molar-refractivity contribution in [2.45, 2.75) is 55.9 Å². The van der Waals surface area contributed by atoms with Gasteiger partial charge < -0.3 is 4.90 Å². The molecule has 2 heterocycles. The summed E-state index contributed by atoms with van der Waals surface area (Å²) in [5.74, 6) is 0.186. The van der Waals surface area contributed by atoms with Crippen LogP contribution in [0.5, 0.6) is 0 Å². The van der Waals surface area contributed by atoms with E-state index in [0.717, 1.165) is 38.6 Å². The van der Waals surface area contributed by atoms with E-state index in [9.17, 15) is 13.2 Å². The van der Waals surface area contributed by atoms with Crippen molar-refractivity contribution in [3.8, 4) is 0 Å². The van der Waals surface area contributed by atoms with Crippen molar-refractivity contribution in [3.63, 3.8) is 0 Å². The maximum Gasteiger partial charge on any atom is 0.243 e. The van der Waals surface area contributed by atoms with Crippen LogP contribution in [0.2, 0.25) is 0 Å². The van der Waals surface area contributed by atoms with Crippen molar-refractivity contribution >= 4 is 15.9 Å². The zero-order valence-corrected chi connectivity index (χ0v) is 19.0. The normalized spacial score (nSPS) is 23.6. The van der Waals surface area contributed by atoms with E-state index in [1.807, 2.05) is 12.1 Å². The molecule has 0 aliphatic carbocycles. The molecule has 3 atom stereocenters. The molecule has 0 unspecified atom stereocenters. The predicted octanol–water partition coefficient (Wildman–Crippen LogP) is 4.27. The summed E-state index contributed by atoms with van der Waals surface area (Å²) in [7, 11) is -3.57. The Morgan fingerprint density at radius 1 is 0.968 bits per heavy atom. The number of likely N-dealkylation sites (tertiary alicyclic amines) is 1. The number of piperidine rings is 1. The van der Waals surface area contributed by atoms with Crippen LogP contribution in [0.1, 0.15) is 50.5 Å². The molecule has 31 heavy (non-hydrogen) atoms. The molecule has 4 rings (SSSR count). The average Bonchev–Trinajstić information content (AvgIpc) is 3.30. The molecule has 0 aromatic heterocycles. The van der Waals surface area contributed by atoms with Gasteiger partial charge >= 0.3 is 0 Å². The first-order valence-electron chi connectivity index (χ1n) is 11.4. The zero-order chi connectivity index (χ0) is 21.8. The van der Waals surface area contributed by atoms with E-state index in [-0.39, 0.29) is 24.4 Å². The summed E-state index contributed by atoms with van der Waals surface area (Å²) in [6.45, 7) is 3.72. The monoisotopic (exact) mass is 440 g/mol. The first kappa shape index (κ1) is 22.0. The highest BCUT2D eigenvalue weighted by molar-refractivity contribution is 7.89. The lowest BCUT2D eigenvalue weighted by Crippen LogP contribution is -2.48. The molecule has 1 amide bonds. The lowest BCUT2D eigenvalue weighted by molar-refractivity contribution is -0.138. The molecule has 5 nitrogen and oxygen atoms in total. The van der Waals surface area contributed by atoms with Crippen molar-refractivity contribution in [1.29, 1.82) is 0 Å². The number of carbonyl (C=O) groups excluding carboxylic acids is 1. The Bertz CT molecular complexity index is 978. The Labute approximate surface area is 186 Å². The Morgan fingerprint density at radius 2 is 1.61 bits per heavy atom. The molecule has 2 aliphatic heterocycles. The summed E-state index contributed by atoms with van der Waals surface area (Å²) in [4.78, 5) is 15.9. The largest absolute Gasteiger partial charge is 0.339 e. The smallest absolute Gasteiger partial charge is 0.243 e. The predicted molar refractivity (Wildman–Crippen MR) is 122 cm³/mol. The quantitative estimate of drug-likeness (QED) is 0.674. The molecule has 0 radical (unpaired) electrons. The number of hydrogen-bond acceptors (Lipinski definition) is 3. The van der Waals surface area contributed by atoms with Gasteiger partial charge in [0.05, 0.1) is 10.8 Å². The number of carbonyl (C=O) groups is 1. The molecule has 0 spiro atoms. The molecule has 6 heteroatoms. The highest BCUT2D eigenvalue weighted by Crippen LogP contribution is 2.35. The first-order chi connectivity index (χ1) is 15.0. The number of amides is 1. The number of sulfonamides is 1. The molecule has 2 aliphatic rings. The number of benzene rings is 2. The van der Waals surface area contributed by atoms with Crippen LogP contribution in [0.25, 0.3) is 0 Å². The standard InChI is InChI=1S/C25H32N2O3S/c1-2-23(20-11-5-3-6-12-20)24-16-10-18-27(24)25(28)21-13-9-17-26(19-21)31(29,30)22-14-7-4-8-15-22/h3-8,11-12,14-15,21,23-24H,2,9-10,13,16-19H2,1H3/t21-,23-,24-/m1/s1. The van der Waals surface area contributed by atoms with E-state index in [2.05, 4.69) is 36.1 Å². The number of nitrogens with zero attached hydrogens (tertiary/aromatic N) is 2. The second-order valence-electron chi connectivity index (χ2n) is 8.68. The van der Waals surface area contributed by atoms with E-state index in [0.29, 0.717) is 17.4 Å². The zero-order valence-electron chi connectivity index (χ0n) is 18.2. The lowest BCUT2D eigenvalue weighted by Gasteiger charge is -2.37. The summed E-state index contributed by atoms with van der Waals surface area (Å²) < 4.78 is 27.7. The van der Waals surface area contributed by atoms with E-state index >= 15 is 0 Å². The average molecular weight is 441 g/mol. The fourth-order valence-electron chi connectivity index (χ4n) is 5.25. The maximum absolute atomic E-state index is 13.6. The lowest BCUT2D eigenvalue weighted by atomic mass is 9.87. The van der Waals surface area contributed by atoms with E-state index in [4.69, 9.17) is 0 Å². The Balaban J connectivity index is 1.51. The van der Waals surface area contributed by atoms with Gasteiger partial charge in [0.25, 0.3) is 0 Å². The molecule has 166 valence electrons. The van der Waals surface area contributed by atoms with Crippen LogP contribution >= 0.6 is 0 Å². The van der Waals surface area contributed by atoms with Gasteiger partial charge in [-0.25, -0.2) is 8.42 Å². The van der Waals surface area contributed by atoms with Crippen LogP contribution in [-0.2, 0) is 14.8 Å². The fraction of sp³-hybridized carbons (Fsp3) is 0.480. The van der Waals surface area contributed by atoms with Crippen molar-refractivity contribution in [2.24, 2.45) is 5.92 Å². The summed E-state index contributed by atoms with van der Waals surface area (Å²) in [5, 5.41) is 0. The third-order valence-corrected chi connectivity index (χ3v) is 8.71. The molecule has 2 aromatic rings. The van der Waals surface area contributed by atoms with E-state index < -0.39 is 10.0 Å². The van der Waals surface area contributed by atoms with Crippen LogP contribution in [0.4, 0.5) is 0 Å². The minimum Gasteiger partial charge on any atom is -0.339 e. The SMILES string of the molecule is CC[C@H](c1ccccc1)[C@H]1CCCN1C(=O)[C@@H]1CCCN(S(=O)(=O)c2ccccc2)C1. The Morgan fingerprint density at radius 3 is 2.29 bits per heavy atom. The van der Waals surface area contributed by atoms with Crippen molar-refractivity contribution in [1.82, 2.24) is 9.21 Å². The maximum atomic E-state index is 13.6. The van der Waals surface area contributed by atoms with Gasteiger partial charge in [-0.15, -0.1) is 0 Å². The minimum atomic E-state index is -3.57. The van der Waals surface area contributed by atoms with Crippen LogP contribution < -0.4 is 0 Å². The molecule has 0 saturated carbocycles. The highest BCUT2D eigenvalue weighted by Gasteiger charge is 2.40. The van der Waals surface area contributed by atoms with Crippen LogP contribution in [0, 0.1) is 5.92 Å². The van der Waals surface area contributed by atoms with Crippen LogP contribution in [0.3, 0.4) is 0 Å². The van der Waals surface area contributed by atoms with Crippen molar-refractivity contribution in [2.75, 3.05) is 19.6 Å². The van der Waals surface area contributed by atoms with Gasteiger partial charge in [-0.2, -0.15) is 4.31 Å². The second kappa shape index (κ2) is 9.53. The molecule has 2 fully saturated rings. The van der Waals surface area contributed by atoms with Crippen molar-refractivity contribution < 1.29 is 13.2 Å². The molecule has 2 saturated heterocycles. The van der Waals surface area contributed by atoms with Gasteiger partial charge in [-0.3, -0.25) is 4.79 Å². The highest BCUT2D eigenvalue weighted by atomic mass is 32.2. The van der Waals surface area contributed by atoms with Gasteiger partial charge in [0.15, 0.2) is 0 Å². The summed E-state index contributed by atoms with van der Waals surface area (Å²) in [6.07, 6.45) is 4.48. The molecular formula is C25H32N2O3S. The summed E-state index contributed by atoms with van der Waals surface area (Å²) in [6, 6.07) is 19.2. The molecule has 2 aromatic carbocycles. The van der Waals surface area contributed by atoms with Crippen molar-refractivity contribution in [3.05, 3.63) is 66.2 Å². The molecular weight excluding hydrogens is 408 g/mol. The Hall–Kier alpha value is -2.18. The fourth-order valence-corrected chi connectivity index (χ4v) is 6.80. The minimum absolute atomic E-state index is 0.129. The first-order valence-corrected chi connectivity index (χ1v) is 12.9. The third-order valence-electron chi connectivity index (χ3n) is 6.83. The second-order valence-corrected chi connectivity index (χ2v) is 10.6. The topological polar surface area (TPSA) is 57.7 Å². The molecule has 0 N–H and O–H groups in total. The van der Waals surface area contributed by atoms with Gasteiger partial charge in [0.2, 0.25) is 15.9 Å². The van der Waals surface area contributed by atoms with E-state index in [1.54, 1.807) is 24.3 Å². The molecule has 0 bridgehead atoms. The number of rotatable bonds is 6. The Kier molecular flexibility index (Phi) is 6.77. The van der Waals surface area contributed by atoms with Crippen LogP contribution in [-0.4, -0.2) is 49.2 Å². The summed E-state index contributed by atoms with van der Waals surface area (Å²) >= 11 is 0. The van der Waals surface area contributed by atoms with Gasteiger partial charge in [-0.05, 0) is 49.8 Å². The van der Waals surface area contributed by atoms with E-state index in [1.165, 1.54) is 9.87 Å². The van der Waals surface area contributed by atoms with Gasteiger partial charge in [0, 0.05) is 31.6 Å². The van der Waals surface area contributed by atoms with Gasteiger partial charge in [0.1, 0.15) is 0 Å². The number of hydrogen-bond donors (Lipinski definition) is 0.